The largest absolute Gasteiger partial charge is 0.416 e. The zero-order valence-electron chi connectivity index (χ0n) is 19.7. The second-order valence-electron chi connectivity index (χ2n) is 8.36. The number of carbonyl (C=O) groups excluding carboxylic acids is 1. The van der Waals surface area contributed by atoms with Crippen LogP contribution in [0.3, 0.4) is 0 Å². The van der Waals surface area contributed by atoms with Crippen molar-refractivity contribution >= 4 is 22.9 Å². The molecule has 0 bridgehead atoms. The van der Waals surface area contributed by atoms with Crippen LogP contribution < -0.4 is 16.2 Å². The van der Waals surface area contributed by atoms with Crippen molar-refractivity contribution in [3.8, 4) is 11.3 Å². The Morgan fingerprint density at radius 3 is 2.47 bits per heavy atom. The van der Waals surface area contributed by atoms with Crippen LogP contribution >= 0.6 is 0 Å². The number of hydrogen-bond donors (Lipinski definition) is 2. The van der Waals surface area contributed by atoms with Crippen LogP contribution in [0.5, 0.6) is 0 Å². The van der Waals surface area contributed by atoms with Gasteiger partial charge in [0.1, 0.15) is 17.0 Å². The summed E-state index contributed by atoms with van der Waals surface area (Å²) in [6, 6.07) is 15.8. The number of anilines is 1. The highest BCUT2D eigenvalue weighted by Gasteiger charge is 2.30. The van der Waals surface area contributed by atoms with Gasteiger partial charge in [0.05, 0.1) is 5.56 Å². The number of halogens is 3. The van der Waals surface area contributed by atoms with Crippen molar-refractivity contribution in [2.45, 2.75) is 33.1 Å². The Kier molecular flexibility index (Phi) is 7.05. The fourth-order valence-electron chi connectivity index (χ4n) is 3.72. The number of benzene rings is 2. The highest BCUT2D eigenvalue weighted by Crippen LogP contribution is 2.29. The summed E-state index contributed by atoms with van der Waals surface area (Å²) in [6.07, 6.45) is -4.43. The maximum atomic E-state index is 13.4. The molecule has 0 aliphatic heterocycles. The second-order valence-corrected chi connectivity index (χ2v) is 8.36. The lowest BCUT2D eigenvalue weighted by atomic mass is 10.1. The first-order chi connectivity index (χ1) is 17.1. The topological polar surface area (TPSA) is 88.9 Å². The highest BCUT2D eigenvalue weighted by molar-refractivity contribution is 5.76. The molecule has 0 spiro atoms. The van der Waals surface area contributed by atoms with Crippen molar-refractivity contribution in [1.82, 2.24) is 19.9 Å². The summed E-state index contributed by atoms with van der Waals surface area (Å²) in [5.74, 6) is 0.147. The molecule has 0 aliphatic rings. The lowest BCUT2D eigenvalue weighted by molar-refractivity contribution is -0.137. The zero-order chi connectivity index (χ0) is 25.9. The monoisotopic (exact) mass is 495 g/mol. The number of aromatic nitrogens is 3. The molecule has 0 saturated heterocycles. The number of pyridine rings is 1. The number of amides is 1. The first-order valence-electron chi connectivity index (χ1n) is 11.2. The van der Waals surface area contributed by atoms with Crippen LogP contribution in [0.4, 0.5) is 19.0 Å². The minimum absolute atomic E-state index is 0.105. The van der Waals surface area contributed by atoms with Crippen molar-refractivity contribution in [2.75, 3.05) is 11.9 Å². The minimum Gasteiger partial charge on any atom is -0.366 e. The fraction of sp³-hybridized carbons (Fsp3) is 0.231. The van der Waals surface area contributed by atoms with Crippen LogP contribution in [-0.4, -0.2) is 27.0 Å². The fourth-order valence-corrected chi connectivity index (χ4v) is 3.72. The normalized spacial score (nSPS) is 11.5. The predicted molar refractivity (Wildman–Crippen MR) is 131 cm³/mol. The molecule has 0 fully saturated rings. The molecular formula is C26H24F3N5O2. The van der Waals surface area contributed by atoms with Gasteiger partial charge in [0.15, 0.2) is 5.65 Å². The van der Waals surface area contributed by atoms with Gasteiger partial charge in [0.2, 0.25) is 5.91 Å². The standard InChI is InChI=1S/C26H24F3N5O2/c1-16-6-8-19(9-7-16)23-25(36)34(13-12-30-17(2)35)24-21(32-23)10-11-22(33-24)31-15-18-4-3-5-20(14-18)26(27,28)29/h3-11,14H,12-13,15H2,1-2H3,(H,30,35)(H,31,33). The molecule has 4 aromatic rings. The number of nitrogens with one attached hydrogen (secondary N) is 2. The number of alkyl halides is 3. The van der Waals surface area contributed by atoms with E-state index in [1.807, 2.05) is 31.2 Å². The number of aryl methyl sites for hydroxylation is 1. The summed E-state index contributed by atoms with van der Waals surface area (Å²) in [4.78, 5) is 33.8. The van der Waals surface area contributed by atoms with Crippen LogP contribution in [0.25, 0.3) is 22.4 Å². The first-order valence-corrected chi connectivity index (χ1v) is 11.2. The Labute approximate surface area is 205 Å². The molecule has 4 rings (SSSR count). The summed E-state index contributed by atoms with van der Waals surface area (Å²) in [7, 11) is 0. The van der Waals surface area contributed by atoms with E-state index < -0.39 is 11.7 Å². The van der Waals surface area contributed by atoms with E-state index in [0.29, 0.717) is 28.1 Å². The van der Waals surface area contributed by atoms with Gasteiger partial charge >= 0.3 is 6.18 Å². The van der Waals surface area contributed by atoms with E-state index in [1.54, 1.807) is 18.2 Å². The Balaban J connectivity index is 1.69. The van der Waals surface area contributed by atoms with Crippen LogP contribution in [0.1, 0.15) is 23.6 Å². The maximum Gasteiger partial charge on any atom is 0.416 e. The second kappa shape index (κ2) is 10.2. The van der Waals surface area contributed by atoms with Crippen molar-refractivity contribution in [2.24, 2.45) is 0 Å². The summed E-state index contributed by atoms with van der Waals surface area (Å²) >= 11 is 0. The van der Waals surface area contributed by atoms with Gasteiger partial charge < -0.3 is 10.6 Å². The quantitative estimate of drug-likeness (QED) is 0.393. The third-order valence-corrected chi connectivity index (χ3v) is 5.55. The number of fused-ring (bicyclic) bond motifs is 1. The number of carbonyl (C=O) groups is 1. The molecule has 2 heterocycles. The minimum atomic E-state index is -4.43. The molecule has 0 atom stereocenters. The van der Waals surface area contributed by atoms with Crippen molar-refractivity contribution in [3.63, 3.8) is 0 Å². The summed E-state index contributed by atoms with van der Waals surface area (Å²) in [5.41, 5.74) is 2.08. The molecule has 10 heteroatoms. The predicted octanol–water partition coefficient (Wildman–Crippen LogP) is 4.53. The molecule has 2 aromatic carbocycles. The van der Waals surface area contributed by atoms with Crippen LogP contribution in [0.15, 0.2) is 65.5 Å². The van der Waals surface area contributed by atoms with Crippen molar-refractivity contribution < 1.29 is 18.0 Å². The van der Waals surface area contributed by atoms with Crippen molar-refractivity contribution in [1.29, 1.82) is 0 Å². The van der Waals surface area contributed by atoms with Gasteiger partial charge in [-0.25, -0.2) is 9.97 Å². The Morgan fingerprint density at radius 1 is 1.03 bits per heavy atom. The van der Waals surface area contributed by atoms with Crippen molar-refractivity contribution in [3.05, 3.63) is 87.7 Å². The van der Waals surface area contributed by atoms with E-state index in [9.17, 15) is 22.8 Å². The van der Waals surface area contributed by atoms with E-state index in [2.05, 4.69) is 20.6 Å². The molecular weight excluding hydrogens is 471 g/mol. The van der Waals surface area contributed by atoms with Gasteiger partial charge in [-0.05, 0) is 36.8 Å². The summed E-state index contributed by atoms with van der Waals surface area (Å²) in [5, 5.41) is 5.69. The molecule has 0 aliphatic carbocycles. The summed E-state index contributed by atoms with van der Waals surface area (Å²) < 4.78 is 40.5. The SMILES string of the molecule is CC(=O)NCCn1c(=O)c(-c2ccc(C)cc2)nc2ccc(NCc3cccc(C(F)(F)F)c3)nc21. The Bertz CT molecular complexity index is 1460. The molecule has 1 amide bonds. The van der Waals surface area contributed by atoms with E-state index in [4.69, 9.17) is 0 Å². The Morgan fingerprint density at radius 2 is 1.78 bits per heavy atom. The lowest BCUT2D eigenvalue weighted by Gasteiger charge is -2.14. The number of hydrogen-bond acceptors (Lipinski definition) is 5. The van der Waals surface area contributed by atoms with Crippen LogP contribution in [-0.2, 0) is 24.1 Å². The zero-order valence-corrected chi connectivity index (χ0v) is 19.7. The summed E-state index contributed by atoms with van der Waals surface area (Å²) in [6.45, 7) is 3.82. The van der Waals surface area contributed by atoms with Gasteiger partial charge in [0.25, 0.3) is 5.56 Å². The smallest absolute Gasteiger partial charge is 0.366 e. The number of rotatable bonds is 7. The van der Waals surface area contributed by atoms with Gasteiger partial charge in [-0.15, -0.1) is 0 Å². The molecule has 0 saturated carbocycles. The molecule has 186 valence electrons. The molecule has 36 heavy (non-hydrogen) atoms. The first kappa shape index (κ1) is 24.9. The molecule has 0 radical (unpaired) electrons. The maximum absolute atomic E-state index is 13.4. The van der Waals surface area contributed by atoms with E-state index in [-0.39, 0.29) is 36.8 Å². The molecule has 7 nitrogen and oxygen atoms in total. The highest BCUT2D eigenvalue weighted by atomic mass is 19.4. The number of nitrogens with zero attached hydrogens (tertiary/aromatic N) is 3. The molecule has 2 aromatic heterocycles. The van der Waals surface area contributed by atoms with Gasteiger partial charge in [-0.3, -0.25) is 14.2 Å². The Hall–Kier alpha value is -4.21. The van der Waals surface area contributed by atoms with E-state index in [1.165, 1.54) is 17.6 Å². The van der Waals surface area contributed by atoms with Gasteiger partial charge in [-0.2, -0.15) is 13.2 Å². The third-order valence-electron chi connectivity index (χ3n) is 5.55. The van der Waals surface area contributed by atoms with Gasteiger partial charge in [0, 0.05) is 32.1 Å². The third kappa shape index (κ3) is 5.70. The molecule has 0 unspecified atom stereocenters. The van der Waals surface area contributed by atoms with E-state index in [0.717, 1.165) is 17.7 Å². The van der Waals surface area contributed by atoms with Crippen LogP contribution in [0, 0.1) is 6.92 Å². The molecule has 2 N–H and O–H groups in total. The average Bonchev–Trinajstić information content (AvgIpc) is 2.84. The van der Waals surface area contributed by atoms with Gasteiger partial charge in [-0.1, -0.05) is 42.0 Å². The average molecular weight is 496 g/mol. The van der Waals surface area contributed by atoms with E-state index >= 15 is 0 Å². The lowest BCUT2D eigenvalue weighted by Crippen LogP contribution is -2.31. The van der Waals surface area contributed by atoms with Crippen LogP contribution in [0.2, 0.25) is 0 Å².